The van der Waals surface area contributed by atoms with Crippen LogP contribution in [0.5, 0.6) is 0 Å². The second-order valence-electron chi connectivity index (χ2n) is 8.11. The summed E-state index contributed by atoms with van der Waals surface area (Å²) in [5.41, 5.74) is -0.253. The number of nitrogens with one attached hydrogen (secondary N) is 1. The van der Waals surface area contributed by atoms with E-state index in [2.05, 4.69) is 26.1 Å². The van der Waals surface area contributed by atoms with Crippen LogP contribution in [0, 0.1) is 17.2 Å². The molecular formula is C21H32ClFN2O2S. The Morgan fingerprint density at radius 3 is 2.61 bits per heavy atom. The number of hydrogen-bond donors (Lipinski definition) is 2. The van der Waals surface area contributed by atoms with Crippen molar-refractivity contribution in [2.24, 2.45) is 11.3 Å². The largest absolute Gasteiger partial charge is 0.390 e. The summed E-state index contributed by atoms with van der Waals surface area (Å²) in [5, 5.41) is 13.5. The Labute approximate surface area is 177 Å². The first kappa shape index (κ1) is 23.5. The SMILES string of the molecule is CCC1(C(=O)NC[C@H](O)CN(CC(C)C)Sc2ccc(F)c(Cl)c2)CCCC1. The van der Waals surface area contributed by atoms with Crippen molar-refractivity contribution >= 4 is 29.5 Å². The highest BCUT2D eigenvalue weighted by atomic mass is 35.5. The van der Waals surface area contributed by atoms with Gasteiger partial charge in [0.05, 0.1) is 11.1 Å². The van der Waals surface area contributed by atoms with Crippen molar-refractivity contribution in [3.8, 4) is 0 Å². The molecule has 1 atom stereocenters. The van der Waals surface area contributed by atoms with Crippen LogP contribution in [0.3, 0.4) is 0 Å². The van der Waals surface area contributed by atoms with E-state index in [4.69, 9.17) is 11.6 Å². The van der Waals surface area contributed by atoms with Gasteiger partial charge in [-0.2, -0.15) is 0 Å². The van der Waals surface area contributed by atoms with Crippen LogP contribution >= 0.6 is 23.5 Å². The number of benzene rings is 1. The molecule has 2 N–H and O–H groups in total. The van der Waals surface area contributed by atoms with E-state index < -0.39 is 11.9 Å². The molecule has 0 aromatic heterocycles. The quantitative estimate of drug-likeness (QED) is 0.519. The van der Waals surface area contributed by atoms with Crippen LogP contribution in [0.15, 0.2) is 23.1 Å². The zero-order chi connectivity index (χ0) is 20.7. The van der Waals surface area contributed by atoms with Crippen molar-refractivity contribution in [3.05, 3.63) is 29.0 Å². The molecule has 1 aliphatic carbocycles. The highest BCUT2D eigenvalue weighted by molar-refractivity contribution is 7.97. The number of carbonyl (C=O) groups is 1. The summed E-state index contributed by atoms with van der Waals surface area (Å²) in [6, 6.07) is 4.62. The van der Waals surface area contributed by atoms with Gasteiger partial charge in [0, 0.05) is 29.9 Å². The molecule has 158 valence electrons. The van der Waals surface area contributed by atoms with Gasteiger partial charge in [0.2, 0.25) is 5.91 Å². The number of hydrogen-bond acceptors (Lipinski definition) is 4. The summed E-state index contributed by atoms with van der Waals surface area (Å²) in [7, 11) is 0. The Morgan fingerprint density at radius 2 is 2.04 bits per heavy atom. The van der Waals surface area contributed by atoms with E-state index in [0.717, 1.165) is 43.5 Å². The second kappa shape index (κ2) is 10.8. The molecule has 0 unspecified atom stereocenters. The number of amides is 1. The zero-order valence-electron chi connectivity index (χ0n) is 17.0. The smallest absolute Gasteiger partial charge is 0.226 e. The lowest BCUT2D eigenvalue weighted by Crippen LogP contribution is -2.44. The number of aliphatic hydroxyl groups is 1. The Morgan fingerprint density at radius 1 is 1.36 bits per heavy atom. The van der Waals surface area contributed by atoms with Gasteiger partial charge in [0.25, 0.3) is 0 Å². The van der Waals surface area contributed by atoms with Crippen molar-refractivity contribution < 1.29 is 14.3 Å². The van der Waals surface area contributed by atoms with Gasteiger partial charge in [0.1, 0.15) is 5.82 Å². The molecule has 0 radical (unpaired) electrons. The van der Waals surface area contributed by atoms with Crippen LogP contribution in [-0.2, 0) is 4.79 Å². The van der Waals surface area contributed by atoms with Crippen molar-refractivity contribution in [1.82, 2.24) is 9.62 Å². The number of carbonyl (C=O) groups excluding carboxylic acids is 1. The maximum atomic E-state index is 13.4. The van der Waals surface area contributed by atoms with Crippen LogP contribution in [0.2, 0.25) is 5.02 Å². The van der Waals surface area contributed by atoms with E-state index in [1.807, 2.05) is 4.31 Å². The van der Waals surface area contributed by atoms with Crippen LogP contribution < -0.4 is 5.32 Å². The molecule has 1 aliphatic rings. The molecule has 0 aliphatic heterocycles. The average Bonchev–Trinajstić information content (AvgIpc) is 3.12. The normalized spacial score (nSPS) is 17.3. The van der Waals surface area contributed by atoms with Crippen LogP contribution in [0.1, 0.15) is 52.9 Å². The van der Waals surface area contributed by atoms with Gasteiger partial charge >= 0.3 is 0 Å². The number of rotatable bonds is 10. The molecule has 2 rings (SSSR count). The third-order valence-electron chi connectivity index (χ3n) is 5.33. The van der Waals surface area contributed by atoms with Crippen LogP contribution in [0.25, 0.3) is 0 Å². The Bertz CT molecular complexity index is 653. The maximum absolute atomic E-state index is 13.4. The molecule has 28 heavy (non-hydrogen) atoms. The summed E-state index contributed by atoms with van der Waals surface area (Å²) in [5.74, 6) is 0.0212. The van der Waals surface area contributed by atoms with E-state index in [1.165, 1.54) is 18.0 Å². The van der Waals surface area contributed by atoms with Crippen molar-refractivity contribution in [3.63, 3.8) is 0 Å². The molecule has 0 heterocycles. The molecule has 0 saturated heterocycles. The summed E-state index contributed by atoms with van der Waals surface area (Å²) >= 11 is 7.32. The molecule has 1 fully saturated rings. The van der Waals surface area contributed by atoms with Gasteiger partial charge in [-0.25, -0.2) is 8.70 Å². The molecule has 1 aromatic rings. The zero-order valence-corrected chi connectivity index (χ0v) is 18.6. The molecule has 1 amide bonds. The fourth-order valence-corrected chi connectivity index (χ4v) is 5.19. The molecule has 0 bridgehead atoms. The minimum atomic E-state index is -0.679. The van der Waals surface area contributed by atoms with Gasteiger partial charge in [-0.3, -0.25) is 4.79 Å². The monoisotopic (exact) mass is 430 g/mol. The van der Waals surface area contributed by atoms with Gasteiger partial charge in [0.15, 0.2) is 0 Å². The fraction of sp³-hybridized carbons (Fsp3) is 0.667. The lowest BCUT2D eigenvalue weighted by Gasteiger charge is -2.28. The van der Waals surface area contributed by atoms with E-state index in [-0.39, 0.29) is 22.9 Å². The maximum Gasteiger partial charge on any atom is 0.226 e. The predicted octanol–water partition coefficient (Wildman–Crippen LogP) is 4.89. The molecule has 1 saturated carbocycles. The van der Waals surface area contributed by atoms with E-state index in [0.29, 0.717) is 12.5 Å². The van der Waals surface area contributed by atoms with Gasteiger partial charge in [-0.15, -0.1) is 0 Å². The first-order chi connectivity index (χ1) is 13.3. The Hall–Kier alpha value is -0.820. The van der Waals surface area contributed by atoms with E-state index in [9.17, 15) is 14.3 Å². The fourth-order valence-electron chi connectivity index (χ4n) is 3.73. The highest BCUT2D eigenvalue weighted by Gasteiger charge is 2.39. The first-order valence-corrected chi connectivity index (χ1v) is 11.2. The first-order valence-electron chi connectivity index (χ1n) is 10.1. The van der Waals surface area contributed by atoms with Crippen molar-refractivity contribution in [2.75, 3.05) is 19.6 Å². The van der Waals surface area contributed by atoms with Gasteiger partial charge < -0.3 is 10.4 Å². The van der Waals surface area contributed by atoms with E-state index in [1.54, 1.807) is 12.1 Å². The number of nitrogens with zero attached hydrogens (tertiary/aromatic N) is 1. The number of halogens is 2. The molecule has 4 nitrogen and oxygen atoms in total. The predicted molar refractivity (Wildman–Crippen MR) is 114 cm³/mol. The Kier molecular flexibility index (Phi) is 9.06. The summed E-state index contributed by atoms with van der Waals surface area (Å²) in [6.45, 7) is 7.66. The van der Waals surface area contributed by atoms with Crippen molar-refractivity contribution in [2.45, 2.75) is 63.9 Å². The highest BCUT2D eigenvalue weighted by Crippen LogP contribution is 2.41. The molecular weight excluding hydrogens is 399 g/mol. The Balaban J connectivity index is 1.91. The van der Waals surface area contributed by atoms with Gasteiger partial charge in [-0.1, -0.05) is 45.2 Å². The van der Waals surface area contributed by atoms with Crippen molar-refractivity contribution in [1.29, 1.82) is 0 Å². The summed E-state index contributed by atoms with van der Waals surface area (Å²) in [4.78, 5) is 13.5. The summed E-state index contributed by atoms with van der Waals surface area (Å²) < 4.78 is 15.4. The summed E-state index contributed by atoms with van der Waals surface area (Å²) in [6.07, 6.45) is 4.24. The van der Waals surface area contributed by atoms with Gasteiger partial charge in [-0.05, 0) is 55.3 Å². The minimum absolute atomic E-state index is 0.0694. The average molecular weight is 431 g/mol. The standard InChI is InChI=1S/C21H32ClFN2O2S/c1-4-21(9-5-6-10-21)20(27)24-12-16(26)14-25(13-15(2)3)28-17-7-8-19(23)18(22)11-17/h7-8,11,15-16,26H,4-6,9-10,12-14H2,1-3H3,(H,24,27)/t16-/m0/s1. The minimum Gasteiger partial charge on any atom is -0.390 e. The third kappa shape index (κ3) is 6.61. The lowest BCUT2D eigenvalue weighted by atomic mass is 9.82. The number of aliphatic hydroxyl groups excluding tert-OH is 1. The molecule has 0 spiro atoms. The van der Waals surface area contributed by atoms with Crippen LogP contribution in [-0.4, -0.2) is 41.1 Å². The second-order valence-corrected chi connectivity index (χ2v) is 9.69. The third-order valence-corrected chi connectivity index (χ3v) is 6.64. The van der Waals surface area contributed by atoms with Crippen LogP contribution in [0.4, 0.5) is 4.39 Å². The topological polar surface area (TPSA) is 52.6 Å². The molecule has 7 heteroatoms. The van der Waals surface area contributed by atoms with E-state index >= 15 is 0 Å². The molecule has 1 aromatic carbocycles. The lowest BCUT2D eigenvalue weighted by molar-refractivity contribution is -0.131.